The van der Waals surface area contributed by atoms with Gasteiger partial charge in [-0.05, 0) is 98.5 Å². The fraction of sp³-hybridized carbons (Fsp3) is 0.321. The van der Waals surface area contributed by atoms with E-state index in [1.54, 1.807) is 38.1 Å². The molecule has 24 nitrogen and oxygen atoms in total. The Morgan fingerprint density at radius 1 is 0.562 bits per heavy atom. The molecule has 2 aliphatic rings. The van der Waals surface area contributed by atoms with Gasteiger partial charge in [-0.3, -0.25) is 19.2 Å². The molecule has 2 fully saturated rings. The van der Waals surface area contributed by atoms with Gasteiger partial charge in [-0.15, -0.1) is 0 Å². The summed E-state index contributed by atoms with van der Waals surface area (Å²) in [4.78, 5) is 71.5. The average Bonchev–Trinajstić information content (AvgIpc) is 3.39. The summed E-state index contributed by atoms with van der Waals surface area (Å²) in [7, 11) is 0. The van der Waals surface area contributed by atoms with Gasteiger partial charge in [0.05, 0.1) is 48.0 Å². The van der Waals surface area contributed by atoms with Crippen molar-refractivity contribution in [3.05, 3.63) is 150 Å². The zero-order valence-electron chi connectivity index (χ0n) is 43.2. The second kappa shape index (κ2) is 27.2. The standard InChI is InChI=1S/C28H28O11.C19H22O9.C9H8O3.H2O/c1-13-9-18(32)23(26-22(13)19(33)11-17(37-26)10-14(2)30)27-28(25(36)24(35)20(12-29)38-27)39-21(34)8-5-15-3-6-16(31)7-4-15;1-7-3-10(22)14(19-17(26)16(25)15(24)12(6-20)28-19)18-13(7)11(23)5-9(27-18)4-8(2)21;10-8-4-1-7(2-5-8)3-6-9(11)12;/h3-9,11,20,24-25,27-29,31-32,35-36H,10,12H2,1-2H3;3,5,12,15-17,19-20,22,24-26H,4,6H2,1-2H3;1-6,10H,(H,11,12);1H2/b8-5+;;6-3+;. The van der Waals surface area contributed by atoms with Gasteiger partial charge in [0, 0.05) is 24.3 Å². The largest absolute Gasteiger partial charge is 0.508 e. The minimum Gasteiger partial charge on any atom is -0.508 e. The molecule has 6 aromatic rings. The van der Waals surface area contributed by atoms with E-state index in [4.69, 9.17) is 33.3 Å². The Balaban J connectivity index is 0.000000249. The number of fused-ring (bicyclic) bond motifs is 2. The number of esters is 1. The minimum atomic E-state index is -1.77. The highest BCUT2D eigenvalue weighted by atomic mass is 16.6. The molecule has 2 saturated heterocycles. The number of aliphatic hydroxyl groups is 7. The van der Waals surface area contributed by atoms with Crippen LogP contribution in [0.3, 0.4) is 0 Å². The lowest BCUT2D eigenvalue weighted by molar-refractivity contribution is -0.239. The Kier molecular flexibility index (Phi) is 21.3. The van der Waals surface area contributed by atoms with Gasteiger partial charge in [-0.25, -0.2) is 9.59 Å². The Hall–Kier alpha value is -8.14. The van der Waals surface area contributed by atoms with Crippen molar-refractivity contribution < 1.29 is 109 Å². The first-order valence-corrected chi connectivity index (χ1v) is 24.2. The first-order valence-electron chi connectivity index (χ1n) is 24.2. The van der Waals surface area contributed by atoms with Crippen LogP contribution in [0.2, 0.25) is 0 Å². The van der Waals surface area contributed by atoms with Crippen LogP contribution in [-0.4, -0.2) is 152 Å². The van der Waals surface area contributed by atoms with E-state index in [-0.39, 0.29) is 91.7 Å². The molecule has 10 unspecified atom stereocenters. The predicted octanol–water partition coefficient (Wildman–Crippen LogP) is 1.54. The molecule has 8 rings (SSSR count). The predicted molar refractivity (Wildman–Crippen MR) is 281 cm³/mol. The molecular weight excluding hydrogens is 1060 g/mol. The molecule has 2 aliphatic heterocycles. The molecule has 0 radical (unpaired) electrons. The van der Waals surface area contributed by atoms with Crippen LogP contribution < -0.4 is 10.9 Å². The van der Waals surface area contributed by atoms with E-state index in [1.165, 1.54) is 74.5 Å². The third-order valence-electron chi connectivity index (χ3n) is 12.6. The van der Waals surface area contributed by atoms with E-state index in [2.05, 4.69) is 0 Å². The van der Waals surface area contributed by atoms with Crippen molar-refractivity contribution in [2.24, 2.45) is 0 Å². The van der Waals surface area contributed by atoms with Gasteiger partial charge in [-0.2, -0.15) is 0 Å². The third kappa shape index (κ3) is 14.7. The number of carbonyl (C=O) groups excluding carboxylic acids is 3. The van der Waals surface area contributed by atoms with Gasteiger partial charge in [0.1, 0.15) is 112 Å². The Morgan fingerprint density at radius 2 is 0.963 bits per heavy atom. The lowest BCUT2D eigenvalue weighted by Gasteiger charge is -2.42. The van der Waals surface area contributed by atoms with Gasteiger partial charge in [0.2, 0.25) is 0 Å². The SMILES string of the molecule is CC(=O)Cc1cc(=O)c2c(C)cc(O)c(C3OC(CO)C(O)C(O)C3O)c2o1.CC(=O)Cc1cc(=O)c2c(C)cc(O)c(C3OC(CO)C(O)C(O)C3OC(=O)/C=C/c3ccc(O)cc3)c2o1.O.O=C(O)/C=C/c1ccc(O)cc1. The summed E-state index contributed by atoms with van der Waals surface area (Å²) in [5, 5.41) is 119. The molecule has 14 N–H and O–H groups in total. The average molecular weight is 1120 g/mol. The van der Waals surface area contributed by atoms with Crippen molar-refractivity contribution in [1.82, 2.24) is 0 Å². The molecule has 24 heteroatoms. The molecule has 0 aliphatic carbocycles. The number of ketones is 2. The smallest absolute Gasteiger partial charge is 0.331 e. The minimum absolute atomic E-state index is 0. The topological polar surface area (TPSA) is 431 Å². The lowest BCUT2D eigenvalue weighted by atomic mass is 9.89. The van der Waals surface area contributed by atoms with E-state index in [0.717, 1.165) is 17.7 Å². The zero-order chi connectivity index (χ0) is 58.2. The van der Waals surface area contributed by atoms with Gasteiger partial charge >= 0.3 is 11.9 Å². The van der Waals surface area contributed by atoms with Crippen LogP contribution in [0.4, 0.5) is 0 Å². The zero-order valence-corrected chi connectivity index (χ0v) is 43.2. The Bertz CT molecular complexity index is 3380. The number of carboxylic acid groups (broad SMARTS) is 1. The number of aryl methyl sites for hydroxylation is 2. The summed E-state index contributed by atoms with van der Waals surface area (Å²) in [6.07, 6.45) is -10.8. The van der Waals surface area contributed by atoms with Crippen molar-refractivity contribution in [2.75, 3.05) is 13.2 Å². The molecule has 0 bridgehead atoms. The van der Waals surface area contributed by atoms with Crippen LogP contribution in [-0.2, 0) is 46.2 Å². The number of aliphatic carboxylic acids is 1. The number of aliphatic hydroxyl groups excluding tert-OH is 7. The second-order valence-electron chi connectivity index (χ2n) is 18.7. The molecule has 4 heterocycles. The first-order chi connectivity index (χ1) is 37.3. The van der Waals surface area contributed by atoms with Crippen LogP contribution in [0.1, 0.15) is 71.0 Å². The number of Topliss-reactive ketones (excluding diaryl/α,β-unsaturated/α-hetero) is 2. The van der Waals surface area contributed by atoms with Crippen LogP contribution in [0.5, 0.6) is 23.0 Å². The number of carbonyl (C=O) groups is 4. The summed E-state index contributed by atoms with van der Waals surface area (Å²) in [6, 6.07) is 17.1. The number of carboxylic acids is 1. The van der Waals surface area contributed by atoms with E-state index in [1.807, 2.05) is 0 Å². The van der Waals surface area contributed by atoms with Crippen molar-refractivity contribution in [3.63, 3.8) is 0 Å². The fourth-order valence-corrected chi connectivity index (χ4v) is 8.84. The number of phenolic OH excluding ortho intramolecular Hbond substituents is 4. The highest BCUT2D eigenvalue weighted by Crippen LogP contribution is 2.44. The molecule has 80 heavy (non-hydrogen) atoms. The quantitative estimate of drug-likeness (QED) is 0.0576. The highest BCUT2D eigenvalue weighted by Gasteiger charge is 2.49. The fourth-order valence-electron chi connectivity index (χ4n) is 8.84. The lowest BCUT2D eigenvalue weighted by Crippen LogP contribution is -2.56. The number of rotatable bonds is 13. The summed E-state index contributed by atoms with van der Waals surface area (Å²) < 4.78 is 28.3. The number of phenols is 4. The van der Waals surface area contributed by atoms with E-state index >= 15 is 0 Å². The highest BCUT2D eigenvalue weighted by molar-refractivity contribution is 5.89. The molecule has 0 spiro atoms. The van der Waals surface area contributed by atoms with Crippen LogP contribution in [0.15, 0.2) is 103 Å². The normalized spacial score (nSPS) is 22.6. The van der Waals surface area contributed by atoms with Crippen LogP contribution >= 0.6 is 0 Å². The number of benzene rings is 4. The van der Waals surface area contributed by atoms with Gasteiger partial charge in [-0.1, -0.05) is 24.3 Å². The van der Waals surface area contributed by atoms with Gasteiger partial charge < -0.3 is 89.8 Å². The van der Waals surface area contributed by atoms with Crippen molar-refractivity contribution in [3.8, 4) is 23.0 Å². The van der Waals surface area contributed by atoms with E-state index in [9.17, 15) is 79.8 Å². The summed E-state index contributed by atoms with van der Waals surface area (Å²) in [5.74, 6) is -2.94. The first kappa shape index (κ1) is 62.7. The van der Waals surface area contributed by atoms with Crippen molar-refractivity contribution in [1.29, 1.82) is 0 Å². The summed E-state index contributed by atoms with van der Waals surface area (Å²) >= 11 is 0. The number of hydrogen-bond donors (Lipinski definition) is 12. The van der Waals surface area contributed by atoms with Crippen molar-refractivity contribution >= 4 is 57.6 Å². The Labute approximate surface area is 453 Å². The van der Waals surface area contributed by atoms with Crippen LogP contribution in [0.25, 0.3) is 34.1 Å². The summed E-state index contributed by atoms with van der Waals surface area (Å²) in [5.41, 5.74) is 0.612. The maximum absolute atomic E-state index is 13.0. The molecular formula is C56H60O24. The number of aromatic hydroxyl groups is 4. The molecule has 428 valence electrons. The van der Waals surface area contributed by atoms with E-state index < -0.39 is 103 Å². The van der Waals surface area contributed by atoms with E-state index in [0.29, 0.717) is 16.7 Å². The molecule has 0 saturated carbocycles. The Morgan fingerprint density at radius 3 is 1.38 bits per heavy atom. The third-order valence-corrected chi connectivity index (χ3v) is 12.6. The molecule has 10 atom stereocenters. The maximum atomic E-state index is 13.0. The van der Waals surface area contributed by atoms with Gasteiger partial charge in [0.25, 0.3) is 0 Å². The van der Waals surface area contributed by atoms with Crippen molar-refractivity contribution in [2.45, 2.75) is 102 Å². The summed E-state index contributed by atoms with van der Waals surface area (Å²) in [6.45, 7) is 4.42. The number of ether oxygens (including phenoxy) is 3. The number of hydrogen-bond acceptors (Lipinski definition) is 22. The monoisotopic (exact) mass is 1120 g/mol. The van der Waals surface area contributed by atoms with Gasteiger partial charge in [0.15, 0.2) is 17.0 Å². The molecule has 2 aromatic heterocycles. The van der Waals surface area contributed by atoms with Crippen LogP contribution in [0, 0.1) is 13.8 Å². The second-order valence-corrected chi connectivity index (χ2v) is 18.7. The maximum Gasteiger partial charge on any atom is 0.331 e. The molecule has 0 amide bonds. The molecule has 4 aromatic carbocycles.